The second-order valence-corrected chi connectivity index (χ2v) is 5.22. The highest BCUT2D eigenvalue weighted by molar-refractivity contribution is 5.87. The number of carbonyl (C=O) groups is 1. The second-order valence-electron chi connectivity index (χ2n) is 5.22. The minimum atomic E-state index is -1.53. The van der Waals surface area contributed by atoms with Gasteiger partial charge >= 0.3 is 5.97 Å². The van der Waals surface area contributed by atoms with E-state index in [1.807, 2.05) is 0 Å². The van der Waals surface area contributed by atoms with E-state index < -0.39 is 36.7 Å². The van der Waals surface area contributed by atoms with Gasteiger partial charge in [-0.1, -0.05) is 12.1 Å². The molecule has 1 heterocycles. The van der Waals surface area contributed by atoms with Gasteiger partial charge in [0.15, 0.2) is 12.4 Å². The minimum Gasteiger partial charge on any atom is -0.497 e. The van der Waals surface area contributed by atoms with Gasteiger partial charge in [0.25, 0.3) is 0 Å². The average Bonchev–Trinajstić information content (AvgIpc) is 2.55. The fraction of sp³-hybridized carbons (Fsp3) is 0.438. The van der Waals surface area contributed by atoms with E-state index in [0.29, 0.717) is 5.75 Å². The molecule has 1 aromatic rings. The van der Waals surface area contributed by atoms with Gasteiger partial charge < -0.3 is 29.5 Å². The first-order valence-electron chi connectivity index (χ1n) is 7.15. The lowest BCUT2D eigenvalue weighted by Gasteiger charge is -2.38. The smallest absolute Gasteiger partial charge is 0.331 e. The number of methoxy groups -OCH3 is 1. The fourth-order valence-electron chi connectivity index (χ4n) is 2.24. The highest BCUT2D eigenvalue weighted by Gasteiger charge is 2.43. The molecular formula is C16H20O7. The van der Waals surface area contributed by atoms with Crippen molar-refractivity contribution in [1.29, 1.82) is 0 Å². The van der Waals surface area contributed by atoms with Crippen LogP contribution in [0.25, 0.3) is 6.08 Å². The van der Waals surface area contributed by atoms with Crippen LogP contribution in [0.4, 0.5) is 0 Å². The van der Waals surface area contributed by atoms with E-state index in [1.54, 1.807) is 37.5 Å². The quantitative estimate of drug-likeness (QED) is 0.532. The molecule has 0 radical (unpaired) electrons. The highest BCUT2D eigenvalue weighted by Crippen LogP contribution is 2.22. The standard InChI is InChI=1S/C16H20O7/c1-9-15(13(18)14(19)16(20)22-9)23-12(17)8-5-10-3-6-11(21-2)7-4-10/h3-9,13-16,18-20H,1-2H3/b8-5+/t9-,13-,14+,15-,16+/m0/s1. The summed E-state index contributed by atoms with van der Waals surface area (Å²) < 4.78 is 15.1. The molecule has 7 nitrogen and oxygen atoms in total. The van der Waals surface area contributed by atoms with Crippen LogP contribution in [0.15, 0.2) is 30.3 Å². The van der Waals surface area contributed by atoms with Crippen LogP contribution in [0, 0.1) is 0 Å². The summed E-state index contributed by atoms with van der Waals surface area (Å²) in [5.41, 5.74) is 0.770. The van der Waals surface area contributed by atoms with Crippen molar-refractivity contribution in [1.82, 2.24) is 0 Å². The maximum Gasteiger partial charge on any atom is 0.331 e. The summed E-state index contributed by atoms with van der Waals surface area (Å²) in [4.78, 5) is 11.8. The van der Waals surface area contributed by atoms with Gasteiger partial charge in [0.1, 0.15) is 18.0 Å². The number of aliphatic hydroxyl groups is 3. The third-order valence-electron chi connectivity index (χ3n) is 3.58. The van der Waals surface area contributed by atoms with E-state index in [2.05, 4.69) is 0 Å². The van der Waals surface area contributed by atoms with Gasteiger partial charge in [-0.15, -0.1) is 0 Å². The number of aliphatic hydroxyl groups excluding tert-OH is 3. The Kier molecular flexibility index (Phi) is 5.73. The van der Waals surface area contributed by atoms with Gasteiger partial charge in [0.2, 0.25) is 0 Å². The van der Waals surface area contributed by atoms with E-state index in [-0.39, 0.29) is 0 Å². The zero-order chi connectivity index (χ0) is 17.0. The Morgan fingerprint density at radius 3 is 2.43 bits per heavy atom. The largest absolute Gasteiger partial charge is 0.497 e. The maximum atomic E-state index is 11.8. The Bertz CT molecular complexity index is 554. The van der Waals surface area contributed by atoms with Crippen molar-refractivity contribution in [2.75, 3.05) is 7.11 Å². The van der Waals surface area contributed by atoms with Crippen molar-refractivity contribution < 1.29 is 34.3 Å². The molecule has 0 aromatic heterocycles. The number of benzene rings is 1. The lowest BCUT2D eigenvalue weighted by atomic mass is 10.00. The summed E-state index contributed by atoms with van der Waals surface area (Å²) in [7, 11) is 1.56. The topological polar surface area (TPSA) is 105 Å². The van der Waals surface area contributed by atoms with Crippen LogP contribution in [-0.2, 0) is 14.3 Å². The predicted octanol–water partition coefficient (Wildman–Crippen LogP) is 0.0791. The lowest BCUT2D eigenvalue weighted by Crippen LogP contribution is -2.57. The summed E-state index contributed by atoms with van der Waals surface area (Å²) in [6.07, 6.45) is -3.53. The molecule has 1 aliphatic rings. The number of esters is 1. The normalized spacial score (nSPS) is 31.1. The van der Waals surface area contributed by atoms with Crippen molar-refractivity contribution in [3.05, 3.63) is 35.9 Å². The van der Waals surface area contributed by atoms with E-state index in [4.69, 9.17) is 14.2 Å². The molecule has 1 aromatic carbocycles. The molecule has 5 atom stereocenters. The van der Waals surface area contributed by atoms with Crippen LogP contribution in [0.3, 0.4) is 0 Å². The van der Waals surface area contributed by atoms with E-state index in [9.17, 15) is 20.1 Å². The molecule has 7 heteroatoms. The summed E-state index contributed by atoms with van der Waals surface area (Å²) >= 11 is 0. The van der Waals surface area contributed by atoms with E-state index >= 15 is 0 Å². The van der Waals surface area contributed by atoms with E-state index in [1.165, 1.54) is 13.0 Å². The molecule has 0 unspecified atom stereocenters. The number of hydrogen-bond acceptors (Lipinski definition) is 7. The average molecular weight is 324 g/mol. The number of hydrogen-bond donors (Lipinski definition) is 3. The van der Waals surface area contributed by atoms with Gasteiger partial charge in [0.05, 0.1) is 13.2 Å². The molecule has 0 aliphatic carbocycles. The van der Waals surface area contributed by atoms with Gasteiger partial charge in [-0.25, -0.2) is 4.79 Å². The molecular weight excluding hydrogens is 304 g/mol. The Morgan fingerprint density at radius 1 is 1.17 bits per heavy atom. The first kappa shape index (κ1) is 17.4. The van der Waals surface area contributed by atoms with Crippen LogP contribution >= 0.6 is 0 Å². The summed E-state index contributed by atoms with van der Waals surface area (Å²) in [5, 5.41) is 28.8. The van der Waals surface area contributed by atoms with Gasteiger partial charge in [-0.2, -0.15) is 0 Å². The van der Waals surface area contributed by atoms with E-state index in [0.717, 1.165) is 5.56 Å². The van der Waals surface area contributed by atoms with Crippen LogP contribution < -0.4 is 4.74 Å². The van der Waals surface area contributed by atoms with Crippen LogP contribution in [-0.4, -0.2) is 59.1 Å². The number of rotatable bonds is 4. The first-order chi connectivity index (χ1) is 10.9. The monoisotopic (exact) mass is 324 g/mol. The maximum absolute atomic E-state index is 11.8. The Balaban J connectivity index is 1.96. The Morgan fingerprint density at radius 2 is 1.83 bits per heavy atom. The van der Waals surface area contributed by atoms with Gasteiger partial charge in [-0.05, 0) is 30.7 Å². The molecule has 23 heavy (non-hydrogen) atoms. The molecule has 0 saturated carbocycles. The molecule has 1 saturated heterocycles. The van der Waals surface area contributed by atoms with Gasteiger partial charge in [0, 0.05) is 6.08 Å². The van der Waals surface area contributed by atoms with Crippen molar-refractivity contribution in [3.63, 3.8) is 0 Å². The summed E-state index contributed by atoms with van der Waals surface area (Å²) in [6.45, 7) is 1.53. The second kappa shape index (κ2) is 7.56. The lowest BCUT2D eigenvalue weighted by molar-refractivity contribution is -0.280. The van der Waals surface area contributed by atoms with Crippen LogP contribution in [0.5, 0.6) is 5.75 Å². The molecule has 1 fully saturated rings. The molecule has 126 valence electrons. The number of ether oxygens (including phenoxy) is 3. The molecule has 0 bridgehead atoms. The third kappa shape index (κ3) is 4.29. The Labute approximate surface area is 133 Å². The van der Waals surface area contributed by atoms with Crippen molar-refractivity contribution >= 4 is 12.0 Å². The fourth-order valence-corrected chi connectivity index (χ4v) is 2.24. The minimum absolute atomic E-state index is 0.691. The summed E-state index contributed by atoms with van der Waals surface area (Å²) in [6, 6.07) is 7.04. The van der Waals surface area contributed by atoms with Crippen LogP contribution in [0.1, 0.15) is 12.5 Å². The molecule has 0 spiro atoms. The SMILES string of the molecule is COc1ccc(/C=C/C(=O)O[C@@H]2[C@@H](O)[C@@H](O)[C@H](O)O[C@H]2C)cc1. The zero-order valence-corrected chi connectivity index (χ0v) is 12.8. The first-order valence-corrected chi connectivity index (χ1v) is 7.15. The zero-order valence-electron chi connectivity index (χ0n) is 12.8. The summed E-state index contributed by atoms with van der Waals surface area (Å²) in [5.74, 6) is 0.0116. The molecule has 3 N–H and O–H groups in total. The molecule has 1 aliphatic heterocycles. The Hall–Kier alpha value is -1.93. The van der Waals surface area contributed by atoms with Crippen molar-refractivity contribution in [3.8, 4) is 5.75 Å². The highest BCUT2D eigenvalue weighted by atomic mass is 16.7. The van der Waals surface area contributed by atoms with Gasteiger partial charge in [-0.3, -0.25) is 0 Å². The van der Waals surface area contributed by atoms with Crippen molar-refractivity contribution in [2.24, 2.45) is 0 Å². The molecule has 0 amide bonds. The van der Waals surface area contributed by atoms with Crippen LogP contribution in [0.2, 0.25) is 0 Å². The number of carbonyl (C=O) groups excluding carboxylic acids is 1. The van der Waals surface area contributed by atoms with Crippen molar-refractivity contribution in [2.45, 2.75) is 37.6 Å². The third-order valence-corrected chi connectivity index (χ3v) is 3.58. The molecule has 2 rings (SSSR count). The predicted molar refractivity (Wildman–Crippen MR) is 80.5 cm³/mol.